The van der Waals surface area contributed by atoms with Crippen molar-refractivity contribution in [2.75, 3.05) is 27.2 Å². The minimum Gasteiger partial charge on any atom is -0.497 e. The molecule has 112 valence electrons. The van der Waals surface area contributed by atoms with Crippen molar-refractivity contribution in [2.24, 2.45) is 5.92 Å². The van der Waals surface area contributed by atoms with Crippen molar-refractivity contribution in [2.45, 2.75) is 38.8 Å². The van der Waals surface area contributed by atoms with Gasteiger partial charge in [0.15, 0.2) is 0 Å². The number of hydrogen-bond acceptors (Lipinski definition) is 3. The highest BCUT2D eigenvalue weighted by Crippen LogP contribution is 2.26. The van der Waals surface area contributed by atoms with Gasteiger partial charge in [-0.15, -0.1) is 0 Å². The molecule has 0 radical (unpaired) electrons. The molecule has 1 aromatic rings. The van der Waals surface area contributed by atoms with Gasteiger partial charge in [-0.3, -0.25) is 0 Å². The third-order valence-electron chi connectivity index (χ3n) is 4.26. The Bertz CT molecular complexity index is 408. The molecule has 1 saturated carbocycles. The van der Waals surface area contributed by atoms with Crippen molar-refractivity contribution in [1.29, 1.82) is 0 Å². The number of hydrogen-bond donors (Lipinski definition) is 1. The van der Waals surface area contributed by atoms with Gasteiger partial charge in [0.05, 0.1) is 7.11 Å². The first-order chi connectivity index (χ1) is 9.72. The first kappa shape index (κ1) is 15.3. The molecule has 0 aromatic heterocycles. The minimum atomic E-state index is 0.716. The second kappa shape index (κ2) is 7.65. The first-order valence-electron chi connectivity index (χ1n) is 7.77. The van der Waals surface area contributed by atoms with Crippen LogP contribution in [0, 0.1) is 5.92 Å². The Hall–Kier alpha value is -1.06. The molecular formula is C17H28N2O. The van der Waals surface area contributed by atoms with Crippen LogP contribution in [0.25, 0.3) is 0 Å². The molecule has 20 heavy (non-hydrogen) atoms. The predicted molar refractivity (Wildman–Crippen MR) is 84.1 cm³/mol. The molecule has 1 aromatic carbocycles. The molecule has 2 rings (SSSR count). The number of nitrogens with one attached hydrogen (secondary N) is 1. The quantitative estimate of drug-likeness (QED) is 0.829. The summed E-state index contributed by atoms with van der Waals surface area (Å²) in [6, 6.07) is 9.09. The summed E-state index contributed by atoms with van der Waals surface area (Å²) in [5.74, 6) is 1.74. The van der Waals surface area contributed by atoms with Crippen molar-refractivity contribution in [1.82, 2.24) is 10.2 Å². The fourth-order valence-electron chi connectivity index (χ4n) is 3.33. The zero-order chi connectivity index (χ0) is 14.4. The standard InChI is InChI=1S/C17H28N2O/c1-4-18-17-10-6-8-15(17)13-19(2)12-14-7-5-9-16(11-14)20-3/h5,7,9,11,15,17-18H,4,6,8,10,12-13H2,1-3H3. The molecule has 3 heteroatoms. The average molecular weight is 276 g/mol. The van der Waals surface area contributed by atoms with Crippen LogP contribution in [-0.2, 0) is 6.54 Å². The van der Waals surface area contributed by atoms with Gasteiger partial charge in [0.1, 0.15) is 5.75 Å². The number of nitrogens with zero attached hydrogens (tertiary/aromatic N) is 1. The Morgan fingerprint density at radius 1 is 1.35 bits per heavy atom. The zero-order valence-electron chi connectivity index (χ0n) is 13.1. The summed E-state index contributed by atoms with van der Waals surface area (Å²) in [5, 5.41) is 3.64. The van der Waals surface area contributed by atoms with Crippen LogP contribution < -0.4 is 10.1 Å². The summed E-state index contributed by atoms with van der Waals surface area (Å²) in [6.45, 7) is 5.46. The van der Waals surface area contributed by atoms with Gasteiger partial charge in [-0.05, 0) is 50.0 Å². The maximum atomic E-state index is 5.29. The SMILES string of the molecule is CCNC1CCCC1CN(C)Cc1cccc(OC)c1. The van der Waals surface area contributed by atoms with Crippen LogP contribution in [0.3, 0.4) is 0 Å². The Kier molecular flexibility index (Phi) is 5.86. The van der Waals surface area contributed by atoms with E-state index in [0.29, 0.717) is 6.04 Å². The largest absolute Gasteiger partial charge is 0.497 e. The van der Waals surface area contributed by atoms with E-state index in [1.54, 1.807) is 7.11 Å². The summed E-state index contributed by atoms with van der Waals surface area (Å²) in [6.07, 6.45) is 4.07. The minimum absolute atomic E-state index is 0.716. The highest BCUT2D eigenvalue weighted by atomic mass is 16.5. The molecule has 1 N–H and O–H groups in total. The Morgan fingerprint density at radius 2 is 2.20 bits per heavy atom. The second-order valence-electron chi connectivity index (χ2n) is 5.90. The molecule has 3 nitrogen and oxygen atoms in total. The van der Waals surface area contributed by atoms with Crippen LogP contribution in [0.5, 0.6) is 5.75 Å². The van der Waals surface area contributed by atoms with E-state index >= 15 is 0 Å². The molecule has 0 bridgehead atoms. The third-order valence-corrected chi connectivity index (χ3v) is 4.26. The lowest BCUT2D eigenvalue weighted by Crippen LogP contribution is -2.38. The molecule has 1 fully saturated rings. The average Bonchev–Trinajstić information content (AvgIpc) is 2.86. The summed E-state index contributed by atoms with van der Waals surface area (Å²) in [5.41, 5.74) is 1.32. The predicted octanol–water partition coefficient (Wildman–Crippen LogP) is 2.91. The monoisotopic (exact) mass is 276 g/mol. The van der Waals surface area contributed by atoms with Crippen LogP contribution in [0.2, 0.25) is 0 Å². The van der Waals surface area contributed by atoms with Gasteiger partial charge < -0.3 is 15.0 Å². The van der Waals surface area contributed by atoms with Gasteiger partial charge in [0.2, 0.25) is 0 Å². The normalized spacial score (nSPS) is 22.4. The van der Waals surface area contributed by atoms with Crippen molar-refractivity contribution in [3.8, 4) is 5.75 Å². The van der Waals surface area contributed by atoms with Gasteiger partial charge >= 0.3 is 0 Å². The van der Waals surface area contributed by atoms with E-state index in [0.717, 1.165) is 24.8 Å². The van der Waals surface area contributed by atoms with Gasteiger partial charge in [-0.1, -0.05) is 25.5 Å². The molecule has 0 saturated heterocycles. The summed E-state index contributed by atoms with van der Waals surface area (Å²) in [4.78, 5) is 2.44. The van der Waals surface area contributed by atoms with Crippen LogP contribution >= 0.6 is 0 Å². The number of rotatable bonds is 7. The molecular weight excluding hydrogens is 248 g/mol. The van der Waals surface area contributed by atoms with Gasteiger partial charge in [-0.2, -0.15) is 0 Å². The van der Waals surface area contributed by atoms with Crippen LogP contribution in [0.15, 0.2) is 24.3 Å². The van der Waals surface area contributed by atoms with Crippen LogP contribution in [-0.4, -0.2) is 38.2 Å². The summed E-state index contributed by atoms with van der Waals surface area (Å²) in [7, 11) is 3.95. The van der Waals surface area contributed by atoms with Gasteiger partial charge in [-0.25, -0.2) is 0 Å². The van der Waals surface area contributed by atoms with Crippen molar-refractivity contribution in [3.05, 3.63) is 29.8 Å². The topological polar surface area (TPSA) is 24.5 Å². The molecule has 0 heterocycles. The van der Waals surface area contributed by atoms with Crippen molar-refractivity contribution < 1.29 is 4.74 Å². The Balaban J connectivity index is 1.86. The Morgan fingerprint density at radius 3 is 2.95 bits per heavy atom. The van der Waals surface area contributed by atoms with E-state index < -0.39 is 0 Å². The van der Waals surface area contributed by atoms with E-state index in [9.17, 15) is 0 Å². The molecule has 2 atom stereocenters. The van der Waals surface area contributed by atoms with Crippen molar-refractivity contribution >= 4 is 0 Å². The number of benzene rings is 1. The molecule has 1 aliphatic carbocycles. The molecule has 2 unspecified atom stereocenters. The molecule has 0 aliphatic heterocycles. The highest BCUT2D eigenvalue weighted by molar-refractivity contribution is 5.28. The zero-order valence-corrected chi connectivity index (χ0v) is 13.1. The number of methoxy groups -OCH3 is 1. The van der Waals surface area contributed by atoms with Crippen LogP contribution in [0.4, 0.5) is 0 Å². The molecule has 1 aliphatic rings. The smallest absolute Gasteiger partial charge is 0.119 e. The second-order valence-corrected chi connectivity index (χ2v) is 5.90. The Labute approximate surface area is 123 Å². The van der Waals surface area contributed by atoms with Crippen LogP contribution in [0.1, 0.15) is 31.7 Å². The van der Waals surface area contributed by atoms with E-state index in [-0.39, 0.29) is 0 Å². The maximum absolute atomic E-state index is 5.29. The number of ether oxygens (including phenoxy) is 1. The van der Waals surface area contributed by atoms with E-state index in [1.807, 2.05) is 6.07 Å². The summed E-state index contributed by atoms with van der Waals surface area (Å²) < 4.78 is 5.29. The fourth-order valence-corrected chi connectivity index (χ4v) is 3.33. The lowest BCUT2D eigenvalue weighted by Gasteiger charge is -2.26. The lowest BCUT2D eigenvalue weighted by atomic mass is 10.0. The molecule has 0 spiro atoms. The highest BCUT2D eigenvalue weighted by Gasteiger charge is 2.27. The van der Waals surface area contributed by atoms with Gasteiger partial charge in [0.25, 0.3) is 0 Å². The lowest BCUT2D eigenvalue weighted by molar-refractivity contribution is 0.246. The molecule has 0 amide bonds. The van der Waals surface area contributed by atoms with E-state index in [2.05, 4.69) is 42.4 Å². The van der Waals surface area contributed by atoms with Crippen molar-refractivity contribution in [3.63, 3.8) is 0 Å². The maximum Gasteiger partial charge on any atom is 0.119 e. The first-order valence-corrected chi connectivity index (χ1v) is 7.77. The third kappa shape index (κ3) is 4.22. The summed E-state index contributed by atoms with van der Waals surface area (Å²) >= 11 is 0. The van der Waals surface area contributed by atoms with E-state index in [1.165, 1.54) is 31.4 Å². The fraction of sp³-hybridized carbons (Fsp3) is 0.647. The van der Waals surface area contributed by atoms with Gasteiger partial charge in [0, 0.05) is 19.1 Å². The van der Waals surface area contributed by atoms with E-state index in [4.69, 9.17) is 4.74 Å².